The second-order valence-corrected chi connectivity index (χ2v) is 5.29. The second-order valence-electron chi connectivity index (χ2n) is 5.29. The van der Waals surface area contributed by atoms with Crippen LogP contribution in [0.3, 0.4) is 0 Å². The number of primary amides is 1. The molecule has 1 aromatic heterocycles. The first kappa shape index (κ1) is 16.3. The van der Waals surface area contributed by atoms with Gasteiger partial charge in [-0.25, -0.2) is 0 Å². The summed E-state index contributed by atoms with van der Waals surface area (Å²) in [6.45, 7) is 0. The normalized spacial score (nSPS) is 10.9. The van der Waals surface area contributed by atoms with E-state index >= 15 is 0 Å². The summed E-state index contributed by atoms with van der Waals surface area (Å²) in [6, 6.07) is 13.7. The Kier molecular flexibility index (Phi) is 4.52. The van der Waals surface area contributed by atoms with Crippen LogP contribution in [0.5, 0.6) is 5.75 Å². The summed E-state index contributed by atoms with van der Waals surface area (Å²) in [5, 5.41) is 3.58. The molecule has 0 bridgehead atoms. The van der Waals surface area contributed by atoms with Crippen molar-refractivity contribution in [2.24, 2.45) is 5.73 Å². The first-order valence-electron chi connectivity index (χ1n) is 7.52. The second kappa shape index (κ2) is 6.92. The van der Waals surface area contributed by atoms with Crippen molar-refractivity contribution in [1.82, 2.24) is 0 Å². The number of hydrogen-bond donors (Lipinski definition) is 2. The molecule has 1 heterocycles. The Balaban J connectivity index is 1.71. The highest BCUT2D eigenvalue weighted by atomic mass is 16.5. The van der Waals surface area contributed by atoms with E-state index in [1.54, 1.807) is 37.5 Å². The Hall–Kier alpha value is -3.54. The molecular weight excluding hydrogens is 320 g/mol. The standard InChI is InChI=1S/C19H16N2O4/c1-24-16-4-2-3-13-11-15(25-18(13)16)9-10-17(22)21-14-7-5-12(6-8-14)19(20)23/h2-11H,1H3,(H2,20,23)(H,21,22)/b10-9+. The third kappa shape index (κ3) is 3.69. The van der Waals surface area contributed by atoms with Gasteiger partial charge in [0.25, 0.3) is 0 Å². The number of anilines is 1. The van der Waals surface area contributed by atoms with Gasteiger partial charge in [-0.3, -0.25) is 9.59 Å². The molecule has 6 nitrogen and oxygen atoms in total. The number of nitrogens with one attached hydrogen (secondary N) is 1. The highest BCUT2D eigenvalue weighted by Crippen LogP contribution is 2.28. The maximum absolute atomic E-state index is 12.0. The number of carbonyl (C=O) groups is 2. The van der Waals surface area contributed by atoms with Crippen LogP contribution in [0.15, 0.2) is 59.0 Å². The molecule has 0 radical (unpaired) electrons. The highest BCUT2D eigenvalue weighted by molar-refractivity contribution is 6.02. The molecule has 2 aromatic carbocycles. The average molecular weight is 336 g/mol. The lowest BCUT2D eigenvalue weighted by Crippen LogP contribution is -2.11. The van der Waals surface area contributed by atoms with E-state index in [-0.39, 0.29) is 5.91 Å². The monoisotopic (exact) mass is 336 g/mol. The first-order chi connectivity index (χ1) is 12.1. The number of carbonyl (C=O) groups excluding carboxylic acids is 2. The van der Waals surface area contributed by atoms with Gasteiger partial charge in [-0.05, 0) is 42.5 Å². The minimum absolute atomic E-state index is 0.320. The third-order valence-electron chi connectivity index (χ3n) is 3.58. The zero-order chi connectivity index (χ0) is 17.8. The molecule has 25 heavy (non-hydrogen) atoms. The molecule has 2 amide bonds. The van der Waals surface area contributed by atoms with Gasteiger partial charge in [-0.2, -0.15) is 0 Å². The number of para-hydroxylation sites is 1. The number of benzene rings is 2. The molecule has 0 saturated heterocycles. The number of amides is 2. The maximum atomic E-state index is 12.0. The topological polar surface area (TPSA) is 94.6 Å². The van der Waals surface area contributed by atoms with Crippen molar-refractivity contribution in [1.29, 1.82) is 0 Å². The Morgan fingerprint density at radius 2 is 1.92 bits per heavy atom. The third-order valence-corrected chi connectivity index (χ3v) is 3.58. The van der Waals surface area contributed by atoms with Crippen molar-refractivity contribution >= 4 is 34.5 Å². The van der Waals surface area contributed by atoms with Crippen molar-refractivity contribution < 1.29 is 18.7 Å². The lowest BCUT2D eigenvalue weighted by molar-refractivity contribution is -0.111. The largest absolute Gasteiger partial charge is 0.493 e. The molecule has 3 rings (SSSR count). The summed E-state index contributed by atoms with van der Waals surface area (Å²) >= 11 is 0. The van der Waals surface area contributed by atoms with Crippen LogP contribution in [-0.4, -0.2) is 18.9 Å². The van der Waals surface area contributed by atoms with E-state index in [0.717, 1.165) is 5.39 Å². The lowest BCUT2D eigenvalue weighted by Gasteiger charge is -2.02. The van der Waals surface area contributed by atoms with Crippen LogP contribution < -0.4 is 15.8 Å². The van der Waals surface area contributed by atoms with E-state index in [1.165, 1.54) is 6.08 Å². The fourth-order valence-electron chi connectivity index (χ4n) is 2.36. The predicted molar refractivity (Wildman–Crippen MR) is 95.4 cm³/mol. The summed E-state index contributed by atoms with van der Waals surface area (Å²) in [7, 11) is 1.57. The van der Waals surface area contributed by atoms with Crippen LogP contribution in [0.2, 0.25) is 0 Å². The summed E-state index contributed by atoms with van der Waals surface area (Å²) in [6.07, 6.45) is 2.94. The number of methoxy groups -OCH3 is 1. The molecule has 0 aliphatic heterocycles. The summed E-state index contributed by atoms with van der Waals surface area (Å²) in [4.78, 5) is 23.0. The van der Waals surface area contributed by atoms with Gasteiger partial charge in [0.2, 0.25) is 11.8 Å². The molecule has 3 aromatic rings. The molecule has 0 spiro atoms. The van der Waals surface area contributed by atoms with Crippen LogP contribution in [-0.2, 0) is 4.79 Å². The number of ether oxygens (including phenoxy) is 1. The molecule has 0 atom stereocenters. The van der Waals surface area contributed by atoms with Crippen molar-refractivity contribution in [3.05, 3.63) is 65.9 Å². The van der Waals surface area contributed by atoms with E-state index in [4.69, 9.17) is 14.9 Å². The Morgan fingerprint density at radius 3 is 2.60 bits per heavy atom. The summed E-state index contributed by atoms with van der Waals surface area (Å²) in [5.74, 6) is 0.340. The fraction of sp³-hybridized carbons (Fsp3) is 0.0526. The molecule has 0 fully saturated rings. The molecule has 0 aliphatic carbocycles. The highest BCUT2D eigenvalue weighted by Gasteiger charge is 2.07. The van der Waals surface area contributed by atoms with E-state index in [9.17, 15) is 9.59 Å². The minimum Gasteiger partial charge on any atom is -0.493 e. The number of nitrogens with two attached hydrogens (primary N) is 1. The van der Waals surface area contributed by atoms with Crippen LogP contribution in [0.1, 0.15) is 16.1 Å². The van der Waals surface area contributed by atoms with Crippen molar-refractivity contribution in [3.63, 3.8) is 0 Å². The number of hydrogen-bond acceptors (Lipinski definition) is 4. The number of furan rings is 1. The Morgan fingerprint density at radius 1 is 1.16 bits per heavy atom. The summed E-state index contributed by atoms with van der Waals surface area (Å²) < 4.78 is 10.9. The van der Waals surface area contributed by atoms with Crippen molar-refractivity contribution in [2.75, 3.05) is 12.4 Å². The van der Waals surface area contributed by atoms with Crippen molar-refractivity contribution in [3.8, 4) is 5.75 Å². The van der Waals surface area contributed by atoms with Crippen LogP contribution in [0.25, 0.3) is 17.0 Å². The van der Waals surface area contributed by atoms with Gasteiger partial charge in [0.05, 0.1) is 7.11 Å². The SMILES string of the molecule is COc1cccc2cc(/C=C/C(=O)Nc3ccc(C(N)=O)cc3)oc12. The minimum atomic E-state index is -0.516. The van der Waals surface area contributed by atoms with Gasteiger partial charge in [-0.1, -0.05) is 12.1 Å². The van der Waals surface area contributed by atoms with Gasteiger partial charge in [-0.15, -0.1) is 0 Å². The number of rotatable bonds is 5. The quantitative estimate of drug-likeness (QED) is 0.700. The van der Waals surface area contributed by atoms with Gasteiger partial charge >= 0.3 is 0 Å². The van der Waals surface area contributed by atoms with Crippen LogP contribution in [0.4, 0.5) is 5.69 Å². The van der Waals surface area contributed by atoms with E-state index < -0.39 is 5.91 Å². The zero-order valence-corrected chi connectivity index (χ0v) is 13.5. The molecule has 0 unspecified atom stereocenters. The number of fused-ring (bicyclic) bond motifs is 1. The van der Waals surface area contributed by atoms with Crippen LogP contribution >= 0.6 is 0 Å². The van der Waals surface area contributed by atoms with E-state index in [2.05, 4.69) is 5.32 Å². The first-order valence-corrected chi connectivity index (χ1v) is 7.52. The van der Waals surface area contributed by atoms with Crippen LogP contribution in [0, 0.1) is 0 Å². The molecular formula is C19H16N2O4. The van der Waals surface area contributed by atoms with E-state index in [1.807, 2.05) is 24.3 Å². The van der Waals surface area contributed by atoms with E-state index in [0.29, 0.717) is 28.3 Å². The molecule has 6 heteroatoms. The molecule has 3 N–H and O–H groups in total. The smallest absolute Gasteiger partial charge is 0.248 e. The van der Waals surface area contributed by atoms with Gasteiger partial charge in [0, 0.05) is 22.7 Å². The lowest BCUT2D eigenvalue weighted by atomic mass is 10.2. The Labute approximate surface area is 143 Å². The Bertz CT molecular complexity index is 955. The zero-order valence-electron chi connectivity index (χ0n) is 13.5. The molecule has 0 saturated carbocycles. The average Bonchev–Trinajstić information content (AvgIpc) is 3.03. The maximum Gasteiger partial charge on any atom is 0.248 e. The molecule has 0 aliphatic rings. The predicted octanol–water partition coefficient (Wildman–Crippen LogP) is 3.19. The summed E-state index contributed by atoms with van der Waals surface area (Å²) in [5.41, 5.74) is 6.75. The van der Waals surface area contributed by atoms with Gasteiger partial charge in [0.15, 0.2) is 11.3 Å². The molecule has 126 valence electrons. The van der Waals surface area contributed by atoms with Gasteiger partial charge < -0.3 is 20.2 Å². The van der Waals surface area contributed by atoms with Gasteiger partial charge in [0.1, 0.15) is 5.76 Å². The fourth-order valence-corrected chi connectivity index (χ4v) is 2.36. The van der Waals surface area contributed by atoms with Crippen molar-refractivity contribution in [2.45, 2.75) is 0 Å².